The maximum atomic E-state index is 14.0. The Hall–Kier alpha value is -3.03. The first-order valence-electron chi connectivity index (χ1n) is 6.10. The van der Waals surface area contributed by atoms with Gasteiger partial charge in [0.15, 0.2) is 11.6 Å². The molecular weight excluding hydrogens is 328 g/mol. The molecule has 0 spiro atoms. The zero-order chi connectivity index (χ0) is 17.1. The minimum Gasteiger partial charge on any atom is -0.258 e. The molecule has 23 heavy (non-hydrogen) atoms. The number of nitriles is 1. The quantitative estimate of drug-likeness (QED) is 0.358. The van der Waals surface area contributed by atoms with E-state index in [1.54, 1.807) is 6.07 Å². The SMILES string of the molecule is [C-]#[N+]c1c(F)c(Cl)c(Cc2ccc([N+](=O)[O-])cc2)c(C#N)c1F. The summed E-state index contributed by atoms with van der Waals surface area (Å²) in [5.74, 6) is -2.49. The largest absolute Gasteiger partial charge is 0.269 e. The number of nitrogens with zero attached hydrogens (tertiary/aromatic N) is 3. The predicted octanol–water partition coefficient (Wildman–Crippen LogP) is 4.54. The summed E-state index contributed by atoms with van der Waals surface area (Å²) in [7, 11) is 0. The van der Waals surface area contributed by atoms with Gasteiger partial charge in [0, 0.05) is 18.6 Å². The van der Waals surface area contributed by atoms with Crippen LogP contribution in [-0.4, -0.2) is 4.92 Å². The Morgan fingerprint density at radius 2 is 1.91 bits per heavy atom. The molecular formula is C15H6ClF2N3O2. The van der Waals surface area contributed by atoms with Crippen molar-refractivity contribution in [3.63, 3.8) is 0 Å². The molecule has 8 heteroatoms. The molecule has 0 aliphatic rings. The summed E-state index contributed by atoms with van der Waals surface area (Å²) >= 11 is 5.82. The summed E-state index contributed by atoms with van der Waals surface area (Å²) in [6.45, 7) is 6.76. The van der Waals surface area contributed by atoms with Gasteiger partial charge in [-0.3, -0.25) is 10.1 Å². The van der Waals surface area contributed by atoms with Crippen molar-refractivity contribution in [1.29, 1.82) is 5.26 Å². The Morgan fingerprint density at radius 3 is 2.39 bits per heavy atom. The Morgan fingerprint density at radius 1 is 1.30 bits per heavy atom. The second-order valence-corrected chi connectivity index (χ2v) is 4.85. The second kappa shape index (κ2) is 6.39. The van der Waals surface area contributed by atoms with E-state index in [0.717, 1.165) is 0 Å². The van der Waals surface area contributed by atoms with Crippen LogP contribution in [-0.2, 0) is 6.42 Å². The van der Waals surface area contributed by atoms with Gasteiger partial charge in [-0.15, -0.1) is 0 Å². The van der Waals surface area contributed by atoms with E-state index in [9.17, 15) is 18.9 Å². The van der Waals surface area contributed by atoms with Crippen molar-refractivity contribution >= 4 is 23.0 Å². The van der Waals surface area contributed by atoms with Crippen LogP contribution >= 0.6 is 11.6 Å². The van der Waals surface area contributed by atoms with Gasteiger partial charge in [0.1, 0.15) is 6.07 Å². The van der Waals surface area contributed by atoms with Crippen molar-refractivity contribution in [2.75, 3.05) is 0 Å². The molecule has 2 aromatic carbocycles. The number of benzene rings is 2. The van der Waals surface area contributed by atoms with E-state index < -0.39 is 32.8 Å². The van der Waals surface area contributed by atoms with Gasteiger partial charge in [-0.1, -0.05) is 23.7 Å². The molecule has 0 fully saturated rings. The number of non-ortho nitro benzene ring substituents is 1. The summed E-state index contributed by atoms with van der Waals surface area (Å²) in [6, 6.07) is 6.84. The first-order chi connectivity index (χ1) is 10.9. The van der Waals surface area contributed by atoms with Gasteiger partial charge in [-0.2, -0.15) is 5.26 Å². The van der Waals surface area contributed by atoms with Gasteiger partial charge < -0.3 is 0 Å². The van der Waals surface area contributed by atoms with Crippen molar-refractivity contribution in [1.82, 2.24) is 0 Å². The first kappa shape index (κ1) is 16.3. The molecule has 0 amide bonds. The fraction of sp³-hybridized carbons (Fsp3) is 0.0667. The lowest BCUT2D eigenvalue weighted by Crippen LogP contribution is -2.01. The molecule has 2 aromatic rings. The first-order valence-corrected chi connectivity index (χ1v) is 6.48. The number of rotatable bonds is 3. The van der Waals surface area contributed by atoms with Crippen LogP contribution in [0.5, 0.6) is 0 Å². The van der Waals surface area contributed by atoms with Crippen molar-refractivity contribution in [3.8, 4) is 6.07 Å². The standard InChI is InChI=1S/C15H6ClF2N3O2/c1-20-15-13(17)11(7-19)10(12(16)14(15)18)6-8-2-4-9(5-3-8)21(22)23/h2-5H,6H2. The zero-order valence-corrected chi connectivity index (χ0v) is 12.1. The third-order valence-corrected chi connectivity index (χ3v) is 3.54. The van der Waals surface area contributed by atoms with Crippen molar-refractivity contribution in [2.45, 2.75) is 6.42 Å². The fourth-order valence-corrected chi connectivity index (χ4v) is 2.26. The van der Waals surface area contributed by atoms with Crippen LogP contribution in [0.3, 0.4) is 0 Å². The maximum absolute atomic E-state index is 14.0. The van der Waals surface area contributed by atoms with E-state index >= 15 is 0 Å². The lowest BCUT2D eigenvalue weighted by molar-refractivity contribution is -0.384. The molecule has 0 aliphatic carbocycles. The van der Waals surface area contributed by atoms with Crippen LogP contribution < -0.4 is 0 Å². The highest BCUT2D eigenvalue weighted by molar-refractivity contribution is 6.32. The van der Waals surface area contributed by atoms with Crippen molar-refractivity contribution < 1.29 is 13.7 Å². The van der Waals surface area contributed by atoms with E-state index in [4.69, 9.17) is 23.4 Å². The molecule has 0 radical (unpaired) electrons. The van der Waals surface area contributed by atoms with Crippen molar-refractivity contribution in [2.24, 2.45) is 0 Å². The topological polar surface area (TPSA) is 71.3 Å². The molecule has 0 unspecified atom stereocenters. The van der Waals surface area contributed by atoms with Gasteiger partial charge in [0.25, 0.3) is 11.4 Å². The highest BCUT2D eigenvalue weighted by atomic mass is 35.5. The smallest absolute Gasteiger partial charge is 0.258 e. The second-order valence-electron chi connectivity index (χ2n) is 4.47. The summed E-state index contributed by atoms with van der Waals surface area (Å²) < 4.78 is 28.0. The van der Waals surface area contributed by atoms with Crippen LogP contribution in [0.1, 0.15) is 16.7 Å². The molecule has 0 aliphatic heterocycles. The normalized spacial score (nSPS) is 9.96. The maximum Gasteiger partial charge on any atom is 0.269 e. The Bertz CT molecular complexity index is 884. The molecule has 2 rings (SSSR count). The number of halogens is 3. The third-order valence-electron chi connectivity index (χ3n) is 3.15. The van der Waals surface area contributed by atoms with E-state index in [1.807, 2.05) is 0 Å². The van der Waals surface area contributed by atoms with E-state index in [2.05, 4.69) is 4.85 Å². The average molecular weight is 334 g/mol. The van der Waals surface area contributed by atoms with Gasteiger partial charge in [-0.05, 0) is 11.1 Å². The molecule has 0 saturated carbocycles. The van der Waals surface area contributed by atoms with Crippen molar-refractivity contribution in [3.05, 3.63) is 79.1 Å². The summed E-state index contributed by atoms with van der Waals surface area (Å²) in [4.78, 5) is 12.7. The fourth-order valence-electron chi connectivity index (χ4n) is 2.01. The van der Waals surface area contributed by atoms with Gasteiger partial charge in [0.2, 0.25) is 0 Å². The van der Waals surface area contributed by atoms with E-state index in [-0.39, 0.29) is 17.7 Å². The predicted molar refractivity (Wildman–Crippen MR) is 78.2 cm³/mol. The van der Waals surface area contributed by atoms with E-state index in [1.165, 1.54) is 24.3 Å². The molecule has 5 nitrogen and oxygen atoms in total. The summed E-state index contributed by atoms with van der Waals surface area (Å²) in [5, 5.41) is 19.2. The lowest BCUT2D eigenvalue weighted by atomic mass is 9.98. The molecule has 0 heterocycles. The van der Waals surface area contributed by atoms with Crippen LogP contribution in [0.15, 0.2) is 24.3 Å². The van der Waals surface area contributed by atoms with Crippen LogP contribution in [0.2, 0.25) is 5.02 Å². The average Bonchev–Trinajstić information content (AvgIpc) is 2.54. The lowest BCUT2D eigenvalue weighted by Gasteiger charge is -2.11. The highest BCUT2D eigenvalue weighted by Crippen LogP contribution is 2.36. The molecule has 0 N–H and O–H groups in total. The zero-order valence-electron chi connectivity index (χ0n) is 11.3. The number of hydrogen-bond acceptors (Lipinski definition) is 3. The van der Waals surface area contributed by atoms with Crippen LogP contribution in [0, 0.1) is 39.7 Å². The summed E-state index contributed by atoms with van der Waals surface area (Å²) in [6.07, 6.45) is -0.105. The number of nitro groups is 1. The highest BCUT2D eigenvalue weighted by Gasteiger charge is 2.24. The Labute approximate surface area is 134 Å². The molecule has 0 aromatic heterocycles. The number of nitro benzene ring substituents is 1. The Kier molecular flexibility index (Phi) is 4.54. The van der Waals surface area contributed by atoms with Gasteiger partial charge in [-0.25, -0.2) is 13.6 Å². The number of hydrogen-bond donors (Lipinski definition) is 0. The van der Waals surface area contributed by atoms with Crippen LogP contribution in [0.25, 0.3) is 4.85 Å². The molecule has 0 atom stereocenters. The molecule has 114 valence electrons. The van der Waals surface area contributed by atoms with Gasteiger partial charge >= 0.3 is 0 Å². The van der Waals surface area contributed by atoms with Gasteiger partial charge in [0.05, 0.1) is 22.1 Å². The summed E-state index contributed by atoms with van der Waals surface area (Å²) in [5.41, 5.74) is -1.21. The molecule has 0 saturated heterocycles. The monoisotopic (exact) mass is 333 g/mol. The van der Waals surface area contributed by atoms with Crippen LogP contribution in [0.4, 0.5) is 20.2 Å². The third kappa shape index (κ3) is 2.96. The molecule has 0 bridgehead atoms. The van der Waals surface area contributed by atoms with E-state index in [0.29, 0.717) is 5.56 Å². The minimum atomic E-state index is -1.26. The Balaban J connectivity index is 2.54. The minimum absolute atomic E-state index is 0.105.